The first-order valence-corrected chi connectivity index (χ1v) is 7.13. The monoisotopic (exact) mass is 255 g/mol. The third-order valence-corrected chi connectivity index (χ3v) is 4.21. The molecule has 1 fully saturated rings. The fraction of sp³-hybridized carbons (Fsp3) is 0.929. The maximum atomic E-state index is 12.1. The number of hydrogen-bond donors (Lipinski definition) is 1. The van der Waals surface area contributed by atoms with Gasteiger partial charge in [0.25, 0.3) is 0 Å². The second-order valence-corrected chi connectivity index (χ2v) is 6.10. The van der Waals surface area contributed by atoms with Gasteiger partial charge in [-0.15, -0.1) is 0 Å². The van der Waals surface area contributed by atoms with E-state index in [1.165, 1.54) is 0 Å². The normalized spacial score (nSPS) is 19.9. The summed E-state index contributed by atoms with van der Waals surface area (Å²) in [5.41, 5.74) is 5.84. The number of nitrogens with zero attached hydrogens (tertiary/aromatic N) is 2. The number of rotatable bonds is 5. The van der Waals surface area contributed by atoms with Gasteiger partial charge < -0.3 is 10.6 Å². The highest BCUT2D eigenvalue weighted by Crippen LogP contribution is 2.17. The smallest absolute Gasteiger partial charge is 0.222 e. The van der Waals surface area contributed by atoms with Crippen molar-refractivity contribution in [3.05, 3.63) is 0 Å². The Bertz CT molecular complexity index is 270. The standard InChI is InChI=1S/C14H29N3O/c1-5-12(2)10-13(18)16-6-8-17(9-7-16)14(3,4)11-15/h12H,5-11,15H2,1-4H3. The number of hydrogen-bond acceptors (Lipinski definition) is 3. The molecule has 2 N–H and O–H groups in total. The van der Waals surface area contributed by atoms with Gasteiger partial charge in [0.1, 0.15) is 0 Å². The van der Waals surface area contributed by atoms with Crippen LogP contribution in [0.5, 0.6) is 0 Å². The van der Waals surface area contributed by atoms with Gasteiger partial charge in [0.15, 0.2) is 0 Å². The zero-order valence-electron chi connectivity index (χ0n) is 12.4. The minimum atomic E-state index is 0.0475. The lowest BCUT2D eigenvalue weighted by Gasteiger charge is -2.43. The molecular weight excluding hydrogens is 226 g/mol. The summed E-state index contributed by atoms with van der Waals surface area (Å²) in [6.45, 7) is 12.9. The number of nitrogens with two attached hydrogens (primary N) is 1. The maximum Gasteiger partial charge on any atom is 0.222 e. The van der Waals surface area contributed by atoms with Gasteiger partial charge in [-0.3, -0.25) is 9.69 Å². The first-order chi connectivity index (χ1) is 8.40. The lowest BCUT2D eigenvalue weighted by molar-refractivity contribution is -0.134. The van der Waals surface area contributed by atoms with E-state index in [1.807, 2.05) is 4.90 Å². The van der Waals surface area contributed by atoms with E-state index < -0.39 is 0 Å². The Kier molecular flexibility index (Phi) is 5.60. The van der Waals surface area contributed by atoms with Crippen molar-refractivity contribution < 1.29 is 4.79 Å². The summed E-state index contributed by atoms with van der Waals surface area (Å²) < 4.78 is 0. The molecule has 0 bridgehead atoms. The average molecular weight is 255 g/mol. The molecule has 1 amide bonds. The van der Waals surface area contributed by atoms with Crippen molar-refractivity contribution in [2.45, 2.75) is 46.1 Å². The fourth-order valence-corrected chi connectivity index (χ4v) is 2.26. The number of amides is 1. The molecule has 0 aromatic carbocycles. The van der Waals surface area contributed by atoms with E-state index in [9.17, 15) is 4.79 Å². The predicted octanol–water partition coefficient (Wildman–Crippen LogP) is 1.30. The average Bonchev–Trinajstić information content (AvgIpc) is 2.38. The van der Waals surface area contributed by atoms with Crippen molar-refractivity contribution >= 4 is 5.91 Å². The van der Waals surface area contributed by atoms with Gasteiger partial charge in [-0.05, 0) is 19.8 Å². The van der Waals surface area contributed by atoms with Gasteiger partial charge >= 0.3 is 0 Å². The van der Waals surface area contributed by atoms with E-state index in [0.717, 1.165) is 32.6 Å². The molecule has 0 spiro atoms. The third-order valence-electron chi connectivity index (χ3n) is 4.21. The quantitative estimate of drug-likeness (QED) is 0.805. The highest BCUT2D eigenvalue weighted by molar-refractivity contribution is 5.76. The molecule has 1 aliphatic heterocycles. The van der Waals surface area contributed by atoms with Crippen LogP contribution in [0.3, 0.4) is 0 Å². The highest BCUT2D eigenvalue weighted by atomic mass is 16.2. The van der Waals surface area contributed by atoms with Crippen LogP contribution in [0.4, 0.5) is 0 Å². The summed E-state index contributed by atoms with van der Waals surface area (Å²) >= 11 is 0. The second-order valence-electron chi connectivity index (χ2n) is 6.10. The summed E-state index contributed by atoms with van der Waals surface area (Å²) in [4.78, 5) is 16.5. The van der Waals surface area contributed by atoms with Crippen LogP contribution in [-0.4, -0.2) is 54.0 Å². The Labute approximate surface area is 111 Å². The lowest BCUT2D eigenvalue weighted by atomic mass is 10.0. The Hall–Kier alpha value is -0.610. The SMILES string of the molecule is CCC(C)CC(=O)N1CCN(C(C)(C)CN)CC1. The molecule has 4 heteroatoms. The fourth-order valence-electron chi connectivity index (χ4n) is 2.26. The van der Waals surface area contributed by atoms with Gasteiger partial charge in [0, 0.05) is 44.7 Å². The number of piperazine rings is 1. The molecule has 1 rings (SSSR count). The van der Waals surface area contributed by atoms with Gasteiger partial charge in [0.05, 0.1) is 0 Å². The van der Waals surface area contributed by atoms with Crippen molar-refractivity contribution in [1.82, 2.24) is 9.80 Å². The summed E-state index contributed by atoms with van der Waals surface area (Å²) in [7, 11) is 0. The van der Waals surface area contributed by atoms with Gasteiger partial charge in [-0.2, -0.15) is 0 Å². The van der Waals surface area contributed by atoms with Crippen molar-refractivity contribution in [2.24, 2.45) is 11.7 Å². The van der Waals surface area contributed by atoms with Crippen molar-refractivity contribution in [2.75, 3.05) is 32.7 Å². The Morgan fingerprint density at radius 3 is 2.28 bits per heavy atom. The molecule has 1 heterocycles. The van der Waals surface area contributed by atoms with Crippen molar-refractivity contribution in [3.8, 4) is 0 Å². The van der Waals surface area contributed by atoms with E-state index in [2.05, 4.69) is 32.6 Å². The summed E-state index contributed by atoms with van der Waals surface area (Å²) in [6.07, 6.45) is 1.77. The first-order valence-electron chi connectivity index (χ1n) is 7.13. The van der Waals surface area contributed by atoms with Crippen molar-refractivity contribution in [3.63, 3.8) is 0 Å². The maximum absolute atomic E-state index is 12.1. The topological polar surface area (TPSA) is 49.6 Å². The van der Waals surface area contributed by atoms with Gasteiger partial charge in [0.2, 0.25) is 5.91 Å². The number of carbonyl (C=O) groups excluding carboxylic acids is 1. The van der Waals surface area contributed by atoms with Crippen LogP contribution in [0.1, 0.15) is 40.5 Å². The number of carbonyl (C=O) groups is 1. The minimum Gasteiger partial charge on any atom is -0.340 e. The molecule has 1 aliphatic rings. The molecule has 106 valence electrons. The van der Waals surface area contributed by atoms with Crippen LogP contribution in [0.25, 0.3) is 0 Å². The molecule has 0 saturated carbocycles. The Balaban J connectivity index is 2.42. The zero-order valence-corrected chi connectivity index (χ0v) is 12.4. The zero-order chi connectivity index (χ0) is 13.8. The molecule has 0 aromatic heterocycles. The molecule has 1 atom stereocenters. The predicted molar refractivity (Wildman–Crippen MR) is 75.4 cm³/mol. The van der Waals surface area contributed by atoms with E-state index in [-0.39, 0.29) is 5.54 Å². The van der Waals surface area contributed by atoms with E-state index in [1.54, 1.807) is 0 Å². The van der Waals surface area contributed by atoms with Crippen LogP contribution in [0.2, 0.25) is 0 Å². The van der Waals surface area contributed by atoms with E-state index in [0.29, 0.717) is 24.8 Å². The summed E-state index contributed by atoms with van der Waals surface area (Å²) in [5.74, 6) is 0.811. The van der Waals surface area contributed by atoms with E-state index in [4.69, 9.17) is 5.73 Å². The van der Waals surface area contributed by atoms with E-state index >= 15 is 0 Å². The van der Waals surface area contributed by atoms with Crippen molar-refractivity contribution in [1.29, 1.82) is 0 Å². The van der Waals surface area contributed by atoms with Crippen LogP contribution < -0.4 is 5.73 Å². The molecule has 0 aromatic rings. The Morgan fingerprint density at radius 2 is 1.83 bits per heavy atom. The van der Waals surface area contributed by atoms with Gasteiger partial charge in [-0.25, -0.2) is 0 Å². The van der Waals surface area contributed by atoms with Gasteiger partial charge in [-0.1, -0.05) is 20.3 Å². The highest BCUT2D eigenvalue weighted by Gasteiger charge is 2.30. The van der Waals surface area contributed by atoms with Crippen LogP contribution >= 0.6 is 0 Å². The largest absolute Gasteiger partial charge is 0.340 e. The van der Waals surface area contributed by atoms with Crippen LogP contribution in [-0.2, 0) is 4.79 Å². The van der Waals surface area contributed by atoms with Crippen LogP contribution in [0.15, 0.2) is 0 Å². The third kappa shape index (κ3) is 3.95. The lowest BCUT2D eigenvalue weighted by Crippen LogP contribution is -2.58. The molecule has 0 radical (unpaired) electrons. The molecule has 1 unspecified atom stereocenters. The Morgan fingerprint density at radius 1 is 1.28 bits per heavy atom. The molecular formula is C14H29N3O. The molecule has 0 aliphatic carbocycles. The molecule has 1 saturated heterocycles. The summed E-state index contributed by atoms with van der Waals surface area (Å²) in [6, 6.07) is 0. The minimum absolute atomic E-state index is 0.0475. The molecule has 18 heavy (non-hydrogen) atoms. The molecule has 4 nitrogen and oxygen atoms in total. The first kappa shape index (κ1) is 15.4. The second kappa shape index (κ2) is 6.53. The van der Waals surface area contributed by atoms with Crippen LogP contribution in [0, 0.1) is 5.92 Å². The summed E-state index contributed by atoms with van der Waals surface area (Å²) in [5, 5.41) is 0.